The lowest BCUT2D eigenvalue weighted by molar-refractivity contribution is -0.150. The largest absolute Gasteiger partial charge is 0.465 e. The second kappa shape index (κ2) is 8.71. The number of imide groups is 1. The number of esters is 1. The number of rotatable bonds is 6. The van der Waals surface area contributed by atoms with Gasteiger partial charge in [-0.05, 0) is 57.8 Å². The monoisotopic (exact) mass is 409 g/mol. The third kappa shape index (κ3) is 5.08. The van der Waals surface area contributed by atoms with Gasteiger partial charge in [0.1, 0.15) is 18.6 Å². The molecule has 2 aliphatic rings. The molecular formula is C21H35N3O5. The minimum Gasteiger partial charge on any atom is -0.465 e. The van der Waals surface area contributed by atoms with Crippen LogP contribution in [0.4, 0.5) is 4.79 Å². The van der Waals surface area contributed by atoms with Crippen LogP contribution in [0.1, 0.15) is 67.2 Å². The molecule has 8 heteroatoms. The van der Waals surface area contributed by atoms with E-state index in [0.717, 1.165) is 17.7 Å². The fraction of sp³-hybridized carbons (Fsp3) is 0.810. The van der Waals surface area contributed by atoms with Crippen LogP contribution in [0.5, 0.6) is 0 Å². The molecule has 164 valence electrons. The summed E-state index contributed by atoms with van der Waals surface area (Å²) in [4.78, 5) is 52.5. The van der Waals surface area contributed by atoms with Gasteiger partial charge in [-0.3, -0.25) is 19.3 Å². The van der Waals surface area contributed by atoms with Crippen LogP contribution < -0.4 is 5.32 Å². The maximum atomic E-state index is 13.1. The van der Waals surface area contributed by atoms with E-state index >= 15 is 0 Å². The summed E-state index contributed by atoms with van der Waals surface area (Å²) >= 11 is 0. The highest BCUT2D eigenvalue weighted by Crippen LogP contribution is 2.43. The van der Waals surface area contributed by atoms with Crippen LogP contribution in [0.15, 0.2) is 0 Å². The summed E-state index contributed by atoms with van der Waals surface area (Å²) < 4.78 is 4.92. The van der Waals surface area contributed by atoms with Crippen LogP contribution in [0.2, 0.25) is 0 Å². The fourth-order valence-electron chi connectivity index (χ4n) is 4.27. The molecule has 1 saturated heterocycles. The van der Waals surface area contributed by atoms with E-state index in [-0.39, 0.29) is 37.1 Å². The van der Waals surface area contributed by atoms with E-state index in [9.17, 15) is 19.2 Å². The highest BCUT2D eigenvalue weighted by Gasteiger charge is 2.53. The van der Waals surface area contributed by atoms with Gasteiger partial charge in [-0.1, -0.05) is 20.8 Å². The Bertz CT molecular complexity index is 660. The first-order valence-corrected chi connectivity index (χ1v) is 10.5. The smallest absolute Gasteiger partial charge is 0.325 e. The predicted molar refractivity (Wildman–Crippen MR) is 108 cm³/mol. The summed E-state index contributed by atoms with van der Waals surface area (Å²) in [6, 6.07) is -0.791. The molecule has 1 N–H and O–H groups in total. The van der Waals surface area contributed by atoms with Gasteiger partial charge in [0.25, 0.3) is 5.91 Å². The van der Waals surface area contributed by atoms with Crippen molar-refractivity contribution in [1.82, 2.24) is 15.1 Å². The van der Waals surface area contributed by atoms with Crippen LogP contribution in [0.25, 0.3) is 0 Å². The lowest BCUT2D eigenvalue weighted by Gasteiger charge is -2.40. The maximum absolute atomic E-state index is 13.1. The quantitative estimate of drug-likeness (QED) is 0.536. The zero-order valence-electron chi connectivity index (χ0n) is 18.5. The molecule has 0 atom stereocenters. The van der Waals surface area contributed by atoms with E-state index in [1.807, 2.05) is 0 Å². The molecule has 1 spiro atoms. The topological polar surface area (TPSA) is 96.0 Å². The number of carbonyl (C=O) groups excluding carboxylic acids is 4. The van der Waals surface area contributed by atoms with Gasteiger partial charge < -0.3 is 15.0 Å². The number of hydrogen-bond donors (Lipinski definition) is 1. The summed E-state index contributed by atoms with van der Waals surface area (Å²) in [5, 5.41) is 2.85. The summed E-state index contributed by atoms with van der Waals surface area (Å²) in [7, 11) is 0. The van der Waals surface area contributed by atoms with Crippen molar-refractivity contribution in [3.05, 3.63) is 0 Å². The molecule has 4 amide bonds. The molecule has 8 nitrogen and oxygen atoms in total. The Labute approximate surface area is 173 Å². The molecule has 0 unspecified atom stereocenters. The van der Waals surface area contributed by atoms with Crippen LogP contribution in [0.3, 0.4) is 0 Å². The minimum atomic E-state index is -0.900. The first kappa shape index (κ1) is 23.2. The number of carbonyl (C=O) groups is 4. The van der Waals surface area contributed by atoms with Gasteiger partial charge >= 0.3 is 12.0 Å². The Morgan fingerprint density at radius 3 is 2.31 bits per heavy atom. The normalized spacial score (nSPS) is 24.8. The molecule has 0 aromatic rings. The molecule has 0 bridgehead atoms. The highest BCUT2D eigenvalue weighted by atomic mass is 16.5. The molecule has 0 aromatic carbocycles. The lowest BCUT2D eigenvalue weighted by atomic mass is 9.67. The van der Waals surface area contributed by atoms with Crippen molar-refractivity contribution in [2.45, 2.75) is 78.8 Å². The fourth-order valence-corrected chi connectivity index (χ4v) is 4.27. The van der Waals surface area contributed by atoms with E-state index in [1.165, 1.54) is 4.90 Å². The van der Waals surface area contributed by atoms with Crippen molar-refractivity contribution < 1.29 is 23.9 Å². The van der Waals surface area contributed by atoms with E-state index in [4.69, 9.17) is 4.74 Å². The summed E-state index contributed by atoms with van der Waals surface area (Å²) in [6.07, 6.45) is 2.89. The van der Waals surface area contributed by atoms with E-state index in [1.54, 1.807) is 20.8 Å². The van der Waals surface area contributed by atoms with E-state index in [0.29, 0.717) is 18.8 Å². The number of hydrogen-bond acceptors (Lipinski definition) is 5. The SMILES string of the molecule is CCOC(=O)CN(C(=O)CN1C(=O)NC2(CCC(C(C)(C)C)CC2)C1=O)C(C)C. The van der Waals surface area contributed by atoms with Gasteiger partial charge in [-0.25, -0.2) is 4.79 Å². The molecular weight excluding hydrogens is 374 g/mol. The maximum Gasteiger partial charge on any atom is 0.325 e. The Morgan fingerprint density at radius 1 is 1.24 bits per heavy atom. The first-order chi connectivity index (χ1) is 13.4. The zero-order chi connectivity index (χ0) is 22.0. The van der Waals surface area contributed by atoms with Crippen molar-refractivity contribution in [3.63, 3.8) is 0 Å². The summed E-state index contributed by atoms with van der Waals surface area (Å²) in [6.45, 7) is 11.5. The van der Waals surface area contributed by atoms with E-state index in [2.05, 4.69) is 26.1 Å². The van der Waals surface area contributed by atoms with Crippen LogP contribution in [-0.4, -0.2) is 64.9 Å². The number of nitrogens with one attached hydrogen (secondary N) is 1. The Hall–Kier alpha value is -2.12. The second-order valence-electron chi connectivity index (χ2n) is 9.46. The van der Waals surface area contributed by atoms with Gasteiger partial charge in [0.15, 0.2) is 0 Å². The van der Waals surface area contributed by atoms with Gasteiger partial charge in [0.05, 0.1) is 6.61 Å². The number of ether oxygens (including phenoxy) is 1. The molecule has 0 aromatic heterocycles. The predicted octanol–water partition coefficient (Wildman–Crippen LogP) is 2.31. The van der Waals surface area contributed by atoms with Crippen LogP contribution in [-0.2, 0) is 19.1 Å². The number of amides is 4. The third-order valence-corrected chi connectivity index (χ3v) is 6.15. The number of urea groups is 1. The Balaban J connectivity index is 2.06. The Morgan fingerprint density at radius 2 is 1.83 bits per heavy atom. The average molecular weight is 410 g/mol. The van der Waals surface area contributed by atoms with Crippen molar-refractivity contribution in [1.29, 1.82) is 0 Å². The first-order valence-electron chi connectivity index (χ1n) is 10.5. The zero-order valence-corrected chi connectivity index (χ0v) is 18.5. The molecule has 1 saturated carbocycles. The third-order valence-electron chi connectivity index (χ3n) is 6.15. The summed E-state index contributed by atoms with van der Waals surface area (Å²) in [5.74, 6) is -0.793. The molecule has 2 rings (SSSR count). The van der Waals surface area contributed by atoms with Crippen molar-refractivity contribution in [3.8, 4) is 0 Å². The van der Waals surface area contributed by atoms with Crippen molar-refractivity contribution >= 4 is 23.8 Å². The molecule has 1 heterocycles. The number of nitrogens with zero attached hydrogens (tertiary/aromatic N) is 2. The van der Waals surface area contributed by atoms with Gasteiger partial charge in [-0.15, -0.1) is 0 Å². The van der Waals surface area contributed by atoms with Crippen molar-refractivity contribution in [2.75, 3.05) is 19.7 Å². The minimum absolute atomic E-state index is 0.161. The average Bonchev–Trinajstić information content (AvgIpc) is 2.83. The molecule has 0 radical (unpaired) electrons. The standard InChI is InChI=1S/C21H35N3O5/c1-7-29-17(26)13-23(14(2)3)16(25)12-24-18(27)21(22-19(24)28)10-8-15(9-11-21)20(4,5)6/h14-15H,7-13H2,1-6H3,(H,22,28). The van der Waals surface area contributed by atoms with Crippen LogP contribution in [0, 0.1) is 11.3 Å². The van der Waals surface area contributed by atoms with Crippen LogP contribution >= 0.6 is 0 Å². The molecule has 1 aliphatic carbocycles. The molecule has 2 fully saturated rings. The second-order valence-corrected chi connectivity index (χ2v) is 9.46. The van der Waals surface area contributed by atoms with Gasteiger partial charge in [-0.2, -0.15) is 0 Å². The molecule has 1 aliphatic heterocycles. The van der Waals surface area contributed by atoms with Crippen molar-refractivity contribution in [2.24, 2.45) is 11.3 Å². The molecule has 29 heavy (non-hydrogen) atoms. The highest BCUT2D eigenvalue weighted by molar-refractivity contribution is 6.09. The van der Waals surface area contributed by atoms with Gasteiger partial charge in [0.2, 0.25) is 5.91 Å². The summed E-state index contributed by atoms with van der Waals surface area (Å²) in [5.41, 5.74) is -0.739. The lowest BCUT2D eigenvalue weighted by Crippen LogP contribution is -2.51. The Kier molecular flexibility index (Phi) is 6.96. The van der Waals surface area contributed by atoms with E-state index < -0.39 is 23.4 Å². The van der Waals surface area contributed by atoms with Gasteiger partial charge in [0, 0.05) is 6.04 Å².